The van der Waals surface area contributed by atoms with Crippen LogP contribution in [-0.2, 0) is 18.4 Å². The molecule has 0 spiro atoms. The van der Waals surface area contributed by atoms with Gasteiger partial charge in [-0.15, -0.1) is 0 Å². The van der Waals surface area contributed by atoms with E-state index in [9.17, 15) is 19.4 Å². The van der Waals surface area contributed by atoms with Crippen LogP contribution < -0.4 is 5.32 Å². The van der Waals surface area contributed by atoms with E-state index in [4.69, 9.17) is 9.05 Å². The Bertz CT molecular complexity index is 1060. The number of rotatable bonds is 34. The van der Waals surface area contributed by atoms with Gasteiger partial charge in [0.1, 0.15) is 13.2 Å². The van der Waals surface area contributed by atoms with E-state index < -0.39 is 20.0 Å². The summed E-state index contributed by atoms with van der Waals surface area (Å²) in [6, 6.07) is -0.768. The van der Waals surface area contributed by atoms with Gasteiger partial charge in [0.25, 0.3) is 0 Å². The Labute approximate surface area is 313 Å². The van der Waals surface area contributed by atoms with Crippen molar-refractivity contribution in [3.8, 4) is 0 Å². The van der Waals surface area contributed by atoms with Crippen molar-refractivity contribution in [1.82, 2.24) is 5.32 Å². The second-order valence-electron chi connectivity index (χ2n) is 14.3. The zero-order valence-electron chi connectivity index (χ0n) is 33.1. The molecule has 51 heavy (non-hydrogen) atoms. The van der Waals surface area contributed by atoms with Gasteiger partial charge >= 0.3 is 7.82 Å². The number of amides is 1. The molecule has 8 nitrogen and oxygen atoms in total. The minimum atomic E-state index is -4.30. The number of hydrogen-bond donors (Lipinski definition) is 3. The van der Waals surface area contributed by atoms with Crippen LogP contribution in [0.3, 0.4) is 0 Å². The molecular formula is C42H76N2O6P+. The first kappa shape index (κ1) is 48.9. The monoisotopic (exact) mass is 736 g/mol. The molecule has 0 saturated heterocycles. The Morgan fingerprint density at radius 3 is 1.71 bits per heavy atom. The summed E-state index contributed by atoms with van der Waals surface area (Å²) in [4.78, 5) is 22.8. The lowest BCUT2D eigenvalue weighted by Crippen LogP contribution is -2.46. The number of hydrogen-bond acceptors (Lipinski definition) is 5. The van der Waals surface area contributed by atoms with Gasteiger partial charge < -0.3 is 19.8 Å². The summed E-state index contributed by atoms with van der Waals surface area (Å²) in [5, 5.41) is 13.6. The Hall–Kier alpha value is -2.06. The van der Waals surface area contributed by atoms with E-state index in [0.717, 1.165) is 96.3 Å². The van der Waals surface area contributed by atoms with E-state index >= 15 is 0 Å². The summed E-state index contributed by atoms with van der Waals surface area (Å²) < 4.78 is 23.3. The van der Waals surface area contributed by atoms with Crippen LogP contribution in [0.15, 0.2) is 72.9 Å². The topological polar surface area (TPSA) is 105 Å². The second kappa shape index (κ2) is 33.8. The van der Waals surface area contributed by atoms with Crippen molar-refractivity contribution in [2.75, 3.05) is 40.9 Å². The highest BCUT2D eigenvalue weighted by atomic mass is 31.2. The van der Waals surface area contributed by atoms with E-state index in [0.29, 0.717) is 23.9 Å². The molecule has 294 valence electrons. The van der Waals surface area contributed by atoms with Gasteiger partial charge in [-0.1, -0.05) is 138 Å². The van der Waals surface area contributed by atoms with Crippen molar-refractivity contribution in [3.05, 3.63) is 72.9 Å². The number of quaternary nitrogens is 1. The number of aliphatic hydroxyl groups excluding tert-OH is 1. The van der Waals surface area contributed by atoms with Crippen LogP contribution in [0.25, 0.3) is 0 Å². The van der Waals surface area contributed by atoms with Crippen molar-refractivity contribution in [1.29, 1.82) is 0 Å². The minimum absolute atomic E-state index is 0.0659. The molecule has 0 aromatic carbocycles. The molecule has 0 heterocycles. The zero-order valence-corrected chi connectivity index (χ0v) is 34.0. The van der Waals surface area contributed by atoms with Crippen molar-refractivity contribution in [2.24, 2.45) is 0 Å². The smallest absolute Gasteiger partial charge is 0.391 e. The Morgan fingerprint density at radius 1 is 0.686 bits per heavy atom. The quantitative estimate of drug-likeness (QED) is 0.0263. The Balaban J connectivity index is 4.13. The van der Waals surface area contributed by atoms with E-state index in [-0.39, 0.29) is 19.1 Å². The molecule has 0 rings (SSSR count). The fourth-order valence-electron chi connectivity index (χ4n) is 5.05. The third-order valence-corrected chi connectivity index (χ3v) is 9.20. The molecule has 0 radical (unpaired) electrons. The van der Waals surface area contributed by atoms with E-state index in [2.05, 4.69) is 92.1 Å². The molecule has 0 fully saturated rings. The molecule has 0 aliphatic carbocycles. The van der Waals surface area contributed by atoms with Gasteiger partial charge in [-0.2, -0.15) is 0 Å². The molecule has 0 aliphatic rings. The van der Waals surface area contributed by atoms with Crippen LogP contribution in [0.4, 0.5) is 0 Å². The normalized spacial score (nSPS) is 15.4. The fourth-order valence-corrected chi connectivity index (χ4v) is 5.78. The highest BCUT2D eigenvalue weighted by molar-refractivity contribution is 7.47. The number of phosphoric ester groups is 1. The van der Waals surface area contributed by atoms with Gasteiger partial charge in [-0.05, 0) is 64.2 Å². The largest absolute Gasteiger partial charge is 0.472 e. The molecule has 3 unspecified atom stereocenters. The predicted molar refractivity (Wildman–Crippen MR) is 216 cm³/mol. The summed E-state index contributed by atoms with van der Waals surface area (Å²) in [6.07, 6.45) is 44.1. The van der Waals surface area contributed by atoms with Gasteiger partial charge in [0, 0.05) is 6.42 Å². The van der Waals surface area contributed by atoms with Crippen LogP contribution in [-0.4, -0.2) is 73.4 Å². The number of carbonyl (C=O) groups is 1. The first-order chi connectivity index (χ1) is 24.5. The number of allylic oxidation sites excluding steroid dienone is 12. The third kappa shape index (κ3) is 36.1. The van der Waals surface area contributed by atoms with Crippen molar-refractivity contribution >= 4 is 13.7 Å². The fraction of sp³-hybridized carbons (Fsp3) is 0.690. The van der Waals surface area contributed by atoms with Gasteiger partial charge in [-0.25, -0.2) is 4.57 Å². The van der Waals surface area contributed by atoms with Crippen molar-refractivity contribution in [3.63, 3.8) is 0 Å². The number of carbonyl (C=O) groups excluding carboxylic acids is 1. The molecule has 0 bridgehead atoms. The van der Waals surface area contributed by atoms with E-state index in [1.165, 1.54) is 12.8 Å². The summed E-state index contributed by atoms with van der Waals surface area (Å²) in [7, 11) is 1.58. The van der Waals surface area contributed by atoms with Crippen LogP contribution >= 0.6 is 7.82 Å². The van der Waals surface area contributed by atoms with Gasteiger partial charge in [0.2, 0.25) is 5.91 Å². The molecular weight excluding hydrogens is 659 g/mol. The second-order valence-corrected chi connectivity index (χ2v) is 15.7. The summed E-state index contributed by atoms with van der Waals surface area (Å²) in [5.74, 6) is -0.174. The lowest BCUT2D eigenvalue weighted by molar-refractivity contribution is -0.870. The molecule has 0 aromatic heterocycles. The Kier molecular flexibility index (Phi) is 32.4. The van der Waals surface area contributed by atoms with Crippen LogP contribution in [0.5, 0.6) is 0 Å². The SMILES string of the molecule is CC/C=C\C/C=C\C/C=C\C/C=C\C/C=C\C/C=C\CCCCCCCCC(=O)NC(COP(=O)(O)OCC[N+](C)(C)C)C(O)CCCCCC. The third-order valence-electron chi connectivity index (χ3n) is 8.22. The average Bonchev–Trinajstić information content (AvgIpc) is 3.07. The minimum Gasteiger partial charge on any atom is -0.391 e. The molecule has 3 N–H and O–H groups in total. The van der Waals surface area contributed by atoms with E-state index in [1.807, 2.05) is 21.1 Å². The maximum atomic E-state index is 12.7. The molecule has 1 amide bonds. The van der Waals surface area contributed by atoms with Gasteiger partial charge in [0.05, 0.1) is 39.9 Å². The van der Waals surface area contributed by atoms with Crippen LogP contribution in [0.1, 0.15) is 136 Å². The first-order valence-corrected chi connectivity index (χ1v) is 21.3. The molecule has 0 aromatic rings. The van der Waals surface area contributed by atoms with Crippen LogP contribution in [0.2, 0.25) is 0 Å². The number of likely N-dealkylation sites (N-methyl/N-ethyl adjacent to an activating group) is 1. The highest BCUT2D eigenvalue weighted by Crippen LogP contribution is 2.43. The van der Waals surface area contributed by atoms with Gasteiger partial charge in [0.15, 0.2) is 0 Å². The zero-order chi connectivity index (χ0) is 37.9. The lowest BCUT2D eigenvalue weighted by atomic mass is 10.0. The predicted octanol–water partition coefficient (Wildman–Crippen LogP) is 10.5. The average molecular weight is 736 g/mol. The lowest BCUT2D eigenvalue weighted by Gasteiger charge is -2.26. The summed E-state index contributed by atoms with van der Waals surface area (Å²) in [5.41, 5.74) is 0. The Morgan fingerprint density at radius 2 is 1.18 bits per heavy atom. The maximum absolute atomic E-state index is 12.7. The highest BCUT2D eigenvalue weighted by Gasteiger charge is 2.28. The molecule has 9 heteroatoms. The van der Waals surface area contributed by atoms with Crippen molar-refractivity contribution in [2.45, 2.75) is 148 Å². The molecule has 0 saturated carbocycles. The van der Waals surface area contributed by atoms with Crippen molar-refractivity contribution < 1.29 is 32.9 Å². The van der Waals surface area contributed by atoms with E-state index in [1.54, 1.807) is 0 Å². The van der Waals surface area contributed by atoms with Gasteiger partial charge in [-0.3, -0.25) is 13.8 Å². The maximum Gasteiger partial charge on any atom is 0.472 e. The number of aliphatic hydroxyl groups is 1. The molecule has 0 aliphatic heterocycles. The molecule has 3 atom stereocenters. The number of phosphoric acid groups is 1. The van der Waals surface area contributed by atoms with Crippen LogP contribution in [0, 0.1) is 0 Å². The number of nitrogens with zero attached hydrogens (tertiary/aromatic N) is 1. The first-order valence-electron chi connectivity index (χ1n) is 19.8. The number of nitrogens with one attached hydrogen (secondary N) is 1. The standard InChI is InChI=1S/C42H75N2O6P/c1-6-8-10-12-13-14-15-16-17-18-19-20-21-22-23-24-25-26-27-28-29-30-31-32-34-36-42(46)43-40(41(45)35-33-11-9-7-2)39-50-51(47,48)49-38-37-44(3,4)5/h8,10,13-14,16-17,19-20,22-23,25-26,40-41,45H,6-7,9,11-12,15,18,21,24,27-39H2,1-5H3,(H-,43,46,47,48)/p+1/b10-8-,14-13-,17-16-,20-19-,23-22-,26-25-. The summed E-state index contributed by atoms with van der Waals surface area (Å²) in [6.45, 7) is 4.60. The number of unbranched alkanes of at least 4 members (excludes halogenated alkanes) is 9. The summed E-state index contributed by atoms with van der Waals surface area (Å²) >= 11 is 0.